The van der Waals surface area contributed by atoms with Crippen molar-refractivity contribution in [3.05, 3.63) is 24.1 Å². The van der Waals surface area contributed by atoms with Gasteiger partial charge in [-0.25, -0.2) is 9.37 Å². The highest BCUT2D eigenvalue weighted by atomic mass is 19.1. The molecule has 6 nitrogen and oxygen atoms in total. The summed E-state index contributed by atoms with van der Waals surface area (Å²) in [4.78, 5) is 17.3. The minimum Gasteiger partial charge on any atom is -0.475 e. The molecule has 2 aliphatic rings. The fourth-order valence-electron chi connectivity index (χ4n) is 3.02. The Kier molecular flexibility index (Phi) is 4.26. The molecule has 0 unspecified atom stereocenters. The van der Waals surface area contributed by atoms with E-state index in [2.05, 4.69) is 4.98 Å². The lowest BCUT2D eigenvalue weighted by molar-refractivity contribution is -0.170. The van der Waals surface area contributed by atoms with Crippen LogP contribution >= 0.6 is 0 Å². The van der Waals surface area contributed by atoms with Crippen LogP contribution in [0.15, 0.2) is 18.3 Å². The number of hydrogen-bond donors (Lipinski definition) is 0. The average Bonchev–Trinajstić information content (AvgIpc) is 2.89. The second-order valence-corrected chi connectivity index (χ2v) is 5.68. The molecule has 1 aromatic heterocycles. The SMILES string of the molecule is COCC(=O)N1CC2(C1)OCC[C@@H]2COc1ncccc1F. The van der Waals surface area contributed by atoms with Crippen LogP contribution in [-0.2, 0) is 14.3 Å². The highest BCUT2D eigenvalue weighted by molar-refractivity contribution is 5.78. The van der Waals surface area contributed by atoms with Crippen LogP contribution in [0.2, 0.25) is 0 Å². The molecule has 0 aliphatic carbocycles. The minimum atomic E-state index is -0.471. The second-order valence-electron chi connectivity index (χ2n) is 5.68. The van der Waals surface area contributed by atoms with Crippen LogP contribution < -0.4 is 4.74 Å². The molecular formula is C15H19FN2O4. The van der Waals surface area contributed by atoms with E-state index in [1.807, 2.05) is 0 Å². The molecule has 1 amide bonds. The lowest BCUT2D eigenvalue weighted by Gasteiger charge is -2.49. The Balaban J connectivity index is 1.56. The number of rotatable bonds is 5. The Morgan fingerprint density at radius 3 is 3.14 bits per heavy atom. The van der Waals surface area contributed by atoms with Gasteiger partial charge < -0.3 is 19.1 Å². The van der Waals surface area contributed by atoms with Gasteiger partial charge in [-0.15, -0.1) is 0 Å². The van der Waals surface area contributed by atoms with Gasteiger partial charge in [0.25, 0.3) is 0 Å². The number of carbonyl (C=O) groups is 1. The third-order valence-corrected chi connectivity index (χ3v) is 4.28. The average molecular weight is 310 g/mol. The zero-order valence-corrected chi connectivity index (χ0v) is 12.5. The number of methoxy groups -OCH3 is 1. The summed E-state index contributed by atoms with van der Waals surface area (Å²) in [7, 11) is 1.50. The fraction of sp³-hybridized carbons (Fsp3) is 0.600. The van der Waals surface area contributed by atoms with Gasteiger partial charge in [0.05, 0.1) is 19.7 Å². The Hall–Kier alpha value is -1.73. The largest absolute Gasteiger partial charge is 0.475 e. The van der Waals surface area contributed by atoms with Crippen molar-refractivity contribution in [2.75, 3.05) is 40.0 Å². The number of nitrogens with zero attached hydrogens (tertiary/aromatic N) is 2. The fourth-order valence-corrected chi connectivity index (χ4v) is 3.02. The maximum Gasteiger partial charge on any atom is 0.250 e. The Bertz CT molecular complexity index is 548. The number of ether oxygens (including phenoxy) is 3. The highest BCUT2D eigenvalue weighted by Gasteiger charge is 2.54. The molecule has 1 atom stereocenters. The van der Waals surface area contributed by atoms with Gasteiger partial charge in [-0.1, -0.05) is 0 Å². The molecule has 2 aliphatic heterocycles. The summed E-state index contributed by atoms with van der Waals surface area (Å²) < 4.78 is 29.7. The molecule has 1 spiro atoms. The number of amides is 1. The van der Waals surface area contributed by atoms with Gasteiger partial charge in [-0.05, 0) is 18.6 Å². The van der Waals surface area contributed by atoms with Gasteiger partial charge >= 0.3 is 0 Å². The maximum absolute atomic E-state index is 13.5. The molecule has 2 fully saturated rings. The van der Waals surface area contributed by atoms with Crippen molar-refractivity contribution in [2.45, 2.75) is 12.0 Å². The van der Waals surface area contributed by atoms with E-state index < -0.39 is 5.82 Å². The summed E-state index contributed by atoms with van der Waals surface area (Å²) in [6.07, 6.45) is 2.33. The van der Waals surface area contributed by atoms with Crippen LogP contribution in [0.1, 0.15) is 6.42 Å². The summed E-state index contributed by atoms with van der Waals surface area (Å²) in [5.41, 5.74) is -0.366. The van der Waals surface area contributed by atoms with Crippen molar-refractivity contribution in [1.82, 2.24) is 9.88 Å². The van der Waals surface area contributed by atoms with Crippen molar-refractivity contribution in [3.63, 3.8) is 0 Å². The summed E-state index contributed by atoms with van der Waals surface area (Å²) in [5, 5.41) is 0. The number of halogens is 1. The van der Waals surface area contributed by atoms with E-state index >= 15 is 0 Å². The molecule has 3 rings (SSSR count). The summed E-state index contributed by atoms with van der Waals surface area (Å²) in [5.74, 6) is -0.378. The van der Waals surface area contributed by atoms with E-state index in [4.69, 9.17) is 14.2 Å². The van der Waals surface area contributed by atoms with Crippen LogP contribution in [0.5, 0.6) is 5.88 Å². The molecule has 2 saturated heterocycles. The van der Waals surface area contributed by atoms with E-state index in [1.54, 1.807) is 4.90 Å². The van der Waals surface area contributed by atoms with Crippen LogP contribution in [0, 0.1) is 11.7 Å². The Labute approximate surface area is 128 Å². The Morgan fingerprint density at radius 2 is 2.41 bits per heavy atom. The van der Waals surface area contributed by atoms with Gasteiger partial charge in [-0.2, -0.15) is 0 Å². The predicted molar refractivity (Wildman–Crippen MR) is 74.9 cm³/mol. The first-order chi connectivity index (χ1) is 10.6. The molecule has 0 saturated carbocycles. The molecule has 1 aromatic rings. The van der Waals surface area contributed by atoms with Gasteiger partial charge in [0, 0.05) is 25.8 Å². The van der Waals surface area contributed by atoms with Crippen molar-refractivity contribution in [2.24, 2.45) is 5.92 Å². The minimum absolute atomic E-state index is 0.0104. The van der Waals surface area contributed by atoms with Gasteiger partial charge in [0.15, 0.2) is 5.82 Å². The van der Waals surface area contributed by atoms with Gasteiger partial charge in [0.2, 0.25) is 11.8 Å². The van der Waals surface area contributed by atoms with Crippen LogP contribution in [-0.4, -0.2) is 61.4 Å². The number of pyridine rings is 1. The van der Waals surface area contributed by atoms with Crippen LogP contribution in [0.4, 0.5) is 4.39 Å². The summed E-state index contributed by atoms with van der Waals surface area (Å²) >= 11 is 0. The first kappa shape index (κ1) is 15.2. The van der Waals surface area contributed by atoms with Crippen molar-refractivity contribution in [3.8, 4) is 5.88 Å². The molecule has 120 valence electrons. The second kappa shape index (κ2) is 6.18. The van der Waals surface area contributed by atoms with Crippen LogP contribution in [0.25, 0.3) is 0 Å². The van der Waals surface area contributed by atoms with E-state index in [-0.39, 0.29) is 29.9 Å². The molecule has 22 heavy (non-hydrogen) atoms. The lowest BCUT2D eigenvalue weighted by Crippen LogP contribution is -2.67. The molecule has 0 bridgehead atoms. The van der Waals surface area contributed by atoms with Gasteiger partial charge in [-0.3, -0.25) is 4.79 Å². The molecule has 0 aromatic carbocycles. The monoisotopic (exact) mass is 310 g/mol. The Morgan fingerprint density at radius 1 is 1.59 bits per heavy atom. The van der Waals surface area contributed by atoms with E-state index in [0.29, 0.717) is 26.3 Å². The van der Waals surface area contributed by atoms with Crippen molar-refractivity contribution in [1.29, 1.82) is 0 Å². The zero-order chi connectivity index (χ0) is 15.6. The lowest BCUT2D eigenvalue weighted by atomic mass is 9.81. The van der Waals surface area contributed by atoms with Gasteiger partial charge in [0.1, 0.15) is 12.2 Å². The maximum atomic E-state index is 13.5. The third-order valence-electron chi connectivity index (χ3n) is 4.28. The van der Waals surface area contributed by atoms with E-state index in [9.17, 15) is 9.18 Å². The van der Waals surface area contributed by atoms with Crippen LogP contribution in [0.3, 0.4) is 0 Å². The van der Waals surface area contributed by atoms with E-state index in [0.717, 1.165) is 6.42 Å². The van der Waals surface area contributed by atoms with Crippen molar-refractivity contribution < 1.29 is 23.4 Å². The summed E-state index contributed by atoms with van der Waals surface area (Å²) in [6, 6.07) is 2.84. The quantitative estimate of drug-likeness (QED) is 0.807. The van der Waals surface area contributed by atoms with Crippen molar-refractivity contribution >= 4 is 5.91 Å². The third kappa shape index (κ3) is 2.78. The molecule has 0 N–H and O–H groups in total. The predicted octanol–water partition coefficient (Wildman–Crippen LogP) is 0.863. The molecule has 0 radical (unpaired) electrons. The topological polar surface area (TPSA) is 60.9 Å². The standard InChI is InChI=1S/C15H19FN2O4/c1-20-8-13(19)18-9-15(10-18)11(4-6-22-15)7-21-14-12(16)3-2-5-17-14/h2-3,5,11H,4,6-10H2,1H3/t11-/m1/s1. The molecular weight excluding hydrogens is 291 g/mol. The normalized spacial score (nSPS) is 22.6. The smallest absolute Gasteiger partial charge is 0.250 e. The summed E-state index contributed by atoms with van der Waals surface area (Å²) in [6.45, 7) is 2.11. The number of hydrogen-bond acceptors (Lipinski definition) is 5. The number of aromatic nitrogens is 1. The number of carbonyl (C=O) groups excluding carboxylic acids is 1. The molecule has 3 heterocycles. The van der Waals surface area contributed by atoms with E-state index in [1.165, 1.54) is 25.4 Å². The zero-order valence-electron chi connectivity index (χ0n) is 12.5. The molecule has 7 heteroatoms. The number of likely N-dealkylation sites (tertiary alicyclic amines) is 1. The highest BCUT2D eigenvalue weighted by Crippen LogP contribution is 2.40. The first-order valence-corrected chi connectivity index (χ1v) is 7.28. The first-order valence-electron chi connectivity index (χ1n) is 7.28.